The molecule has 0 aliphatic rings. The number of unbranched alkanes of at least 4 members (excludes halogenated alkanes) is 1. The van der Waals surface area contributed by atoms with Crippen LogP contribution in [-0.2, 0) is 0 Å². The lowest BCUT2D eigenvalue weighted by molar-refractivity contribution is 0.282. The highest BCUT2D eigenvalue weighted by Gasteiger charge is 2.08. The predicted molar refractivity (Wildman–Crippen MR) is 75.9 cm³/mol. The van der Waals surface area contributed by atoms with E-state index in [-0.39, 0.29) is 0 Å². The third kappa shape index (κ3) is 5.16. The number of nitrogens with two attached hydrogens (primary N) is 1. The molecule has 1 aromatic carbocycles. The fourth-order valence-electron chi connectivity index (χ4n) is 1.77. The van der Waals surface area contributed by atoms with E-state index in [1.54, 1.807) is 0 Å². The number of benzene rings is 1. The Hall–Kier alpha value is -1.12. The summed E-state index contributed by atoms with van der Waals surface area (Å²) in [6.45, 7) is 3.99. The van der Waals surface area contributed by atoms with Crippen molar-refractivity contribution in [2.45, 2.75) is 25.8 Å². The molecule has 0 saturated carbocycles. The minimum absolute atomic E-state index is 0.335. The van der Waals surface area contributed by atoms with E-state index in [0.717, 1.165) is 6.54 Å². The number of likely N-dealkylation sites (N-methyl/N-ethyl adjacent to an activating group) is 1. The lowest BCUT2D eigenvalue weighted by atomic mass is 10.1. The van der Waals surface area contributed by atoms with Crippen LogP contribution >= 0.6 is 0 Å². The molecule has 2 heteroatoms. The topological polar surface area (TPSA) is 29.3 Å². The van der Waals surface area contributed by atoms with Gasteiger partial charge in [-0.3, -0.25) is 4.90 Å². The van der Waals surface area contributed by atoms with Gasteiger partial charge in [0.2, 0.25) is 0 Å². The monoisotopic (exact) mass is 232 g/mol. The molecule has 0 radical (unpaired) electrons. The van der Waals surface area contributed by atoms with E-state index in [1.165, 1.54) is 18.4 Å². The van der Waals surface area contributed by atoms with Crippen LogP contribution < -0.4 is 5.73 Å². The normalized spacial score (nSPS) is 13.4. The van der Waals surface area contributed by atoms with E-state index in [4.69, 9.17) is 5.73 Å². The Morgan fingerprint density at radius 1 is 1.29 bits per heavy atom. The minimum Gasteiger partial charge on any atom is -0.329 e. The molecular weight excluding hydrogens is 208 g/mol. The molecule has 0 fully saturated rings. The summed E-state index contributed by atoms with van der Waals surface area (Å²) in [6, 6.07) is 10.7. The van der Waals surface area contributed by atoms with E-state index in [1.807, 2.05) is 6.07 Å². The summed E-state index contributed by atoms with van der Waals surface area (Å²) in [5.74, 6) is 0. The van der Waals surface area contributed by atoms with Gasteiger partial charge in [0.15, 0.2) is 0 Å². The average Bonchev–Trinajstić information content (AvgIpc) is 2.38. The van der Waals surface area contributed by atoms with Crippen LogP contribution in [0.15, 0.2) is 36.4 Å². The largest absolute Gasteiger partial charge is 0.329 e. The molecule has 0 aromatic heterocycles. The van der Waals surface area contributed by atoms with E-state index < -0.39 is 0 Å². The summed E-state index contributed by atoms with van der Waals surface area (Å²) in [6.07, 6.45) is 6.81. The summed E-state index contributed by atoms with van der Waals surface area (Å²) in [5.41, 5.74) is 7.05. The number of rotatable bonds is 7. The second-order valence-corrected chi connectivity index (χ2v) is 4.41. The molecule has 0 saturated heterocycles. The van der Waals surface area contributed by atoms with Crippen LogP contribution in [0.4, 0.5) is 0 Å². The van der Waals surface area contributed by atoms with Gasteiger partial charge in [0.1, 0.15) is 0 Å². The fraction of sp³-hybridized carbons (Fsp3) is 0.467. The first-order chi connectivity index (χ1) is 8.27. The van der Waals surface area contributed by atoms with Crippen molar-refractivity contribution in [1.82, 2.24) is 4.90 Å². The Morgan fingerprint density at radius 3 is 2.59 bits per heavy atom. The maximum Gasteiger partial charge on any atom is 0.0401 e. The van der Waals surface area contributed by atoms with Gasteiger partial charge in [0.25, 0.3) is 0 Å². The highest BCUT2D eigenvalue weighted by Crippen LogP contribution is 2.05. The Balaban J connectivity index is 2.54. The van der Waals surface area contributed by atoms with E-state index >= 15 is 0 Å². The van der Waals surface area contributed by atoms with E-state index in [9.17, 15) is 0 Å². The first-order valence-electron chi connectivity index (χ1n) is 6.41. The van der Waals surface area contributed by atoms with Crippen molar-refractivity contribution in [3.05, 3.63) is 42.0 Å². The lowest BCUT2D eigenvalue weighted by Crippen LogP contribution is -2.36. The third-order valence-electron chi connectivity index (χ3n) is 2.98. The van der Waals surface area contributed by atoms with Gasteiger partial charge < -0.3 is 5.73 Å². The minimum atomic E-state index is 0.335. The van der Waals surface area contributed by atoms with Gasteiger partial charge in [-0.15, -0.1) is 0 Å². The molecule has 0 aliphatic carbocycles. The van der Waals surface area contributed by atoms with Gasteiger partial charge in [0.05, 0.1) is 0 Å². The second-order valence-electron chi connectivity index (χ2n) is 4.41. The summed E-state index contributed by atoms with van der Waals surface area (Å²) in [5, 5.41) is 0. The van der Waals surface area contributed by atoms with Gasteiger partial charge in [-0.05, 0) is 25.6 Å². The molecular formula is C15H24N2. The zero-order valence-electron chi connectivity index (χ0n) is 11.0. The standard InChI is InChI=1S/C15H24N2/c1-3-4-12-17(2)15(13-16)11-10-14-8-6-5-7-9-14/h5-11,15H,3-4,12-13,16H2,1-2H3/b11-10-. The fourth-order valence-corrected chi connectivity index (χ4v) is 1.77. The van der Waals surface area contributed by atoms with Gasteiger partial charge in [-0.1, -0.05) is 55.8 Å². The van der Waals surface area contributed by atoms with Crippen LogP contribution in [0.1, 0.15) is 25.3 Å². The SMILES string of the molecule is CCCCN(C)C(/C=C\c1ccccc1)CN. The molecule has 94 valence electrons. The molecule has 1 atom stereocenters. The van der Waals surface area contributed by atoms with Gasteiger partial charge in [0, 0.05) is 12.6 Å². The zero-order valence-corrected chi connectivity index (χ0v) is 11.0. The van der Waals surface area contributed by atoms with Crippen molar-refractivity contribution in [2.24, 2.45) is 5.73 Å². The van der Waals surface area contributed by atoms with Crippen molar-refractivity contribution in [3.63, 3.8) is 0 Å². The highest BCUT2D eigenvalue weighted by atomic mass is 15.1. The van der Waals surface area contributed by atoms with Crippen LogP contribution in [0.25, 0.3) is 6.08 Å². The quantitative estimate of drug-likeness (QED) is 0.783. The maximum absolute atomic E-state index is 5.82. The molecule has 2 nitrogen and oxygen atoms in total. The van der Waals surface area contributed by atoms with Gasteiger partial charge in [-0.25, -0.2) is 0 Å². The van der Waals surface area contributed by atoms with Crippen LogP contribution in [0.5, 0.6) is 0 Å². The first-order valence-corrected chi connectivity index (χ1v) is 6.41. The summed E-state index contributed by atoms with van der Waals surface area (Å²) < 4.78 is 0. The Kier molecular flexibility index (Phi) is 6.60. The Morgan fingerprint density at radius 2 is 2.00 bits per heavy atom. The van der Waals surface area contributed by atoms with Crippen molar-refractivity contribution < 1.29 is 0 Å². The Bertz CT molecular complexity index is 319. The average molecular weight is 232 g/mol. The summed E-state index contributed by atoms with van der Waals surface area (Å²) in [7, 11) is 2.14. The van der Waals surface area contributed by atoms with Crippen LogP contribution in [0, 0.1) is 0 Å². The first kappa shape index (κ1) is 13.9. The molecule has 0 heterocycles. The van der Waals surface area contributed by atoms with Crippen LogP contribution in [-0.4, -0.2) is 31.1 Å². The summed E-state index contributed by atoms with van der Waals surface area (Å²) >= 11 is 0. The van der Waals surface area contributed by atoms with E-state index in [0.29, 0.717) is 12.6 Å². The Labute approximate surface area is 105 Å². The molecule has 0 amide bonds. The van der Waals surface area contributed by atoms with Crippen molar-refractivity contribution in [3.8, 4) is 0 Å². The highest BCUT2D eigenvalue weighted by molar-refractivity contribution is 5.49. The van der Waals surface area contributed by atoms with Gasteiger partial charge >= 0.3 is 0 Å². The number of hydrogen-bond acceptors (Lipinski definition) is 2. The molecule has 2 N–H and O–H groups in total. The maximum atomic E-state index is 5.82. The third-order valence-corrected chi connectivity index (χ3v) is 2.98. The molecule has 17 heavy (non-hydrogen) atoms. The molecule has 1 unspecified atom stereocenters. The zero-order chi connectivity index (χ0) is 12.5. The summed E-state index contributed by atoms with van der Waals surface area (Å²) in [4.78, 5) is 2.32. The van der Waals surface area contributed by atoms with Crippen molar-refractivity contribution in [1.29, 1.82) is 0 Å². The van der Waals surface area contributed by atoms with Crippen LogP contribution in [0.3, 0.4) is 0 Å². The molecule has 0 bridgehead atoms. The second kappa shape index (κ2) is 8.04. The number of nitrogens with zero attached hydrogens (tertiary/aromatic N) is 1. The van der Waals surface area contributed by atoms with E-state index in [2.05, 4.69) is 55.3 Å². The molecule has 0 aliphatic heterocycles. The lowest BCUT2D eigenvalue weighted by Gasteiger charge is -2.24. The molecule has 1 rings (SSSR count). The smallest absolute Gasteiger partial charge is 0.0401 e. The predicted octanol–water partition coefficient (Wildman–Crippen LogP) is 2.76. The van der Waals surface area contributed by atoms with Crippen molar-refractivity contribution in [2.75, 3.05) is 20.1 Å². The number of hydrogen-bond donors (Lipinski definition) is 1. The van der Waals surface area contributed by atoms with Crippen LogP contribution in [0.2, 0.25) is 0 Å². The van der Waals surface area contributed by atoms with Crippen molar-refractivity contribution >= 4 is 6.08 Å². The van der Waals surface area contributed by atoms with Gasteiger partial charge in [-0.2, -0.15) is 0 Å². The molecule has 0 spiro atoms. The molecule has 1 aromatic rings.